The summed E-state index contributed by atoms with van der Waals surface area (Å²) in [5.41, 5.74) is 0.692. The maximum absolute atomic E-state index is 11.9. The van der Waals surface area contributed by atoms with Gasteiger partial charge in [0.2, 0.25) is 0 Å². The second-order valence-electron chi connectivity index (χ2n) is 4.07. The molecule has 0 saturated carbocycles. The lowest BCUT2D eigenvalue weighted by atomic mass is 10.1. The SMILES string of the molecule is Cn1cc(/C=C/C(=O)c2ccc(Cl)c([N+](=O)[O-])c2)cn1. The van der Waals surface area contributed by atoms with E-state index >= 15 is 0 Å². The van der Waals surface area contributed by atoms with Crippen LogP contribution in [0.2, 0.25) is 5.02 Å². The molecule has 0 amide bonds. The van der Waals surface area contributed by atoms with Gasteiger partial charge in [-0.1, -0.05) is 11.6 Å². The predicted octanol–water partition coefficient (Wildman–Crippen LogP) is 2.88. The number of hydrogen-bond donors (Lipinski definition) is 0. The Bertz CT molecular complexity index is 707. The lowest BCUT2D eigenvalue weighted by Crippen LogP contribution is -1.97. The number of nitro groups is 1. The summed E-state index contributed by atoms with van der Waals surface area (Å²) in [5.74, 6) is -0.339. The maximum atomic E-state index is 11.9. The molecule has 0 aliphatic carbocycles. The van der Waals surface area contributed by atoms with Crippen molar-refractivity contribution in [1.29, 1.82) is 0 Å². The molecule has 1 heterocycles. The van der Waals surface area contributed by atoms with Gasteiger partial charge in [-0.2, -0.15) is 5.10 Å². The first-order valence-corrected chi connectivity index (χ1v) is 6.00. The first-order chi connectivity index (χ1) is 9.47. The highest BCUT2D eigenvalue weighted by Crippen LogP contribution is 2.25. The molecule has 1 aromatic carbocycles. The Labute approximate surface area is 119 Å². The quantitative estimate of drug-likeness (QED) is 0.375. The van der Waals surface area contributed by atoms with Crippen molar-refractivity contribution in [3.63, 3.8) is 0 Å². The van der Waals surface area contributed by atoms with Gasteiger partial charge in [-0.05, 0) is 24.3 Å². The van der Waals surface area contributed by atoms with Crippen LogP contribution in [0.4, 0.5) is 5.69 Å². The number of ketones is 1. The predicted molar refractivity (Wildman–Crippen MR) is 74.7 cm³/mol. The van der Waals surface area contributed by atoms with E-state index in [0.29, 0.717) is 0 Å². The topological polar surface area (TPSA) is 78.0 Å². The van der Waals surface area contributed by atoms with Crippen molar-refractivity contribution in [3.8, 4) is 0 Å². The molecular formula is C13H10ClN3O3. The number of aryl methyl sites for hydroxylation is 1. The molecule has 0 unspecified atom stereocenters. The Morgan fingerprint density at radius 1 is 1.50 bits per heavy atom. The molecule has 0 fully saturated rings. The first-order valence-electron chi connectivity index (χ1n) is 5.62. The molecule has 0 saturated heterocycles. The van der Waals surface area contributed by atoms with E-state index in [9.17, 15) is 14.9 Å². The molecule has 0 aliphatic rings. The van der Waals surface area contributed by atoms with E-state index < -0.39 is 4.92 Å². The second kappa shape index (κ2) is 5.66. The van der Waals surface area contributed by atoms with E-state index in [4.69, 9.17) is 11.6 Å². The normalized spacial score (nSPS) is 10.9. The summed E-state index contributed by atoms with van der Waals surface area (Å²) in [6.07, 6.45) is 6.28. The number of carbonyl (C=O) groups is 1. The zero-order chi connectivity index (χ0) is 14.7. The summed E-state index contributed by atoms with van der Waals surface area (Å²) >= 11 is 5.69. The number of allylic oxidation sites excluding steroid dienone is 1. The van der Waals surface area contributed by atoms with E-state index in [2.05, 4.69) is 5.10 Å². The molecule has 0 radical (unpaired) electrons. The monoisotopic (exact) mass is 291 g/mol. The maximum Gasteiger partial charge on any atom is 0.288 e. The number of carbonyl (C=O) groups excluding carboxylic acids is 1. The number of nitro benzene ring substituents is 1. The lowest BCUT2D eigenvalue weighted by molar-refractivity contribution is -0.384. The number of nitrogens with zero attached hydrogens (tertiary/aromatic N) is 3. The first kappa shape index (κ1) is 14.0. The van der Waals surface area contributed by atoms with E-state index in [1.807, 2.05) is 0 Å². The van der Waals surface area contributed by atoms with E-state index in [1.165, 1.54) is 18.2 Å². The van der Waals surface area contributed by atoms with Gasteiger partial charge in [-0.3, -0.25) is 19.6 Å². The van der Waals surface area contributed by atoms with Crippen LogP contribution in [0.15, 0.2) is 36.7 Å². The third-order valence-corrected chi connectivity index (χ3v) is 2.90. The molecule has 20 heavy (non-hydrogen) atoms. The van der Waals surface area contributed by atoms with Crippen LogP contribution in [-0.2, 0) is 7.05 Å². The van der Waals surface area contributed by atoms with Crippen molar-refractivity contribution in [3.05, 3.63) is 62.9 Å². The standard InChI is InChI=1S/C13H10ClN3O3/c1-16-8-9(7-15-16)2-5-13(18)10-3-4-11(14)12(6-10)17(19)20/h2-8H,1H3/b5-2+. The average Bonchev–Trinajstić information content (AvgIpc) is 2.82. The molecule has 0 aliphatic heterocycles. The van der Waals surface area contributed by atoms with Crippen LogP contribution in [0, 0.1) is 10.1 Å². The van der Waals surface area contributed by atoms with Crippen molar-refractivity contribution in [2.45, 2.75) is 0 Å². The molecule has 6 nitrogen and oxygen atoms in total. The van der Waals surface area contributed by atoms with Gasteiger partial charge in [-0.15, -0.1) is 0 Å². The third kappa shape index (κ3) is 3.10. The minimum Gasteiger partial charge on any atom is -0.289 e. The minimum absolute atomic E-state index is 0.00258. The van der Waals surface area contributed by atoms with Crippen molar-refractivity contribution in [1.82, 2.24) is 9.78 Å². The van der Waals surface area contributed by atoms with Crippen LogP contribution in [-0.4, -0.2) is 20.5 Å². The van der Waals surface area contributed by atoms with Gasteiger partial charge in [-0.25, -0.2) is 0 Å². The van der Waals surface area contributed by atoms with Gasteiger partial charge in [0.05, 0.1) is 11.1 Å². The largest absolute Gasteiger partial charge is 0.289 e. The summed E-state index contributed by atoms with van der Waals surface area (Å²) in [5, 5.41) is 14.7. The summed E-state index contributed by atoms with van der Waals surface area (Å²) in [7, 11) is 1.77. The zero-order valence-corrected chi connectivity index (χ0v) is 11.2. The van der Waals surface area contributed by atoms with Gasteiger partial charge in [0, 0.05) is 30.4 Å². The summed E-state index contributed by atoms with van der Waals surface area (Å²) in [6, 6.07) is 3.95. The second-order valence-corrected chi connectivity index (χ2v) is 4.48. The molecule has 0 spiro atoms. The average molecular weight is 292 g/mol. The van der Waals surface area contributed by atoms with E-state index in [-0.39, 0.29) is 22.1 Å². The van der Waals surface area contributed by atoms with Gasteiger partial charge < -0.3 is 0 Å². The van der Waals surface area contributed by atoms with Crippen LogP contribution < -0.4 is 0 Å². The highest BCUT2D eigenvalue weighted by Gasteiger charge is 2.14. The Kier molecular flexibility index (Phi) is 3.95. The molecule has 0 atom stereocenters. The highest BCUT2D eigenvalue weighted by molar-refractivity contribution is 6.32. The summed E-state index contributed by atoms with van der Waals surface area (Å²) < 4.78 is 1.61. The number of benzene rings is 1. The van der Waals surface area contributed by atoms with Gasteiger partial charge in [0.1, 0.15) is 5.02 Å². The van der Waals surface area contributed by atoms with Crippen LogP contribution >= 0.6 is 11.6 Å². The third-order valence-electron chi connectivity index (χ3n) is 2.58. The molecule has 7 heteroatoms. The summed E-state index contributed by atoms with van der Waals surface area (Å²) in [6.45, 7) is 0. The van der Waals surface area contributed by atoms with Crippen molar-refractivity contribution in [2.75, 3.05) is 0 Å². The minimum atomic E-state index is -0.621. The molecule has 1 aromatic heterocycles. The molecule has 2 rings (SSSR count). The Morgan fingerprint density at radius 3 is 2.85 bits per heavy atom. The fourth-order valence-electron chi connectivity index (χ4n) is 1.60. The number of rotatable bonds is 4. The fraction of sp³-hybridized carbons (Fsp3) is 0.0769. The van der Waals surface area contributed by atoms with Gasteiger partial charge >= 0.3 is 0 Å². The summed E-state index contributed by atoms with van der Waals surface area (Å²) in [4.78, 5) is 22.1. The Morgan fingerprint density at radius 2 is 2.25 bits per heavy atom. The van der Waals surface area contributed by atoms with E-state index in [0.717, 1.165) is 11.6 Å². The van der Waals surface area contributed by atoms with Gasteiger partial charge in [0.25, 0.3) is 5.69 Å². The number of aromatic nitrogens is 2. The van der Waals surface area contributed by atoms with Crippen LogP contribution in [0.25, 0.3) is 6.08 Å². The van der Waals surface area contributed by atoms with Crippen LogP contribution in [0.5, 0.6) is 0 Å². The fourth-order valence-corrected chi connectivity index (χ4v) is 1.79. The molecule has 0 N–H and O–H groups in total. The molecule has 2 aromatic rings. The zero-order valence-electron chi connectivity index (χ0n) is 10.5. The highest BCUT2D eigenvalue weighted by atomic mass is 35.5. The Balaban J connectivity index is 2.23. The Hall–Kier alpha value is -2.47. The molecule has 0 bridgehead atoms. The van der Waals surface area contributed by atoms with Crippen molar-refractivity contribution >= 4 is 29.1 Å². The van der Waals surface area contributed by atoms with Crippen LogP contribution in [0.1, 0.15) is 15.9 Å². The van der Waals surface area contributed by atoms with Crippen molar-refractivity contribution < 1.29 is 9.72 Å². The lowest BCUT2D eigenvalue weighted by Gasteiger charge is -1.98. The molecular weight excluding hydrogens is 282 g/mol. The van der Waals surface area contributed by atoms with Gasteiger partial charge in [0.15, 0.2) is 5.78 Å². The molecule has 102 valence electrons. The number of hydrogen-bond acceptors (Lipinski definition) is 4. The smallest absolute Gasteiger partial charge is 0.288 e. The van der Waals surface area contributed by atoms with E-state index in [1.54, 1.807) is 30.2 Å². The number of halogens is 1. The van der Waals surface area contributed by atoms with Crippen molar-refractivity contribution in [2.24, 2.45) is 7.05 Å². The van der Waals surface area contributed by atoms with Crippen LogP contribution in [0.3, 0.4) is 0 Å².